The van der Waals surface area contributed by atoms with Gasteiger partial charge in [-0.1, -0.05) is 79.8 Å². The zero-order chi connectivity index (χ0) is 34.1. The summed E-state index contributed by atoms with van der Waals surface area (Å²) in [7, 11) is 1.21. The van der Waals surface area contributed by atoms with Gasteiger partial charge in [-0.3, -0.25) is 9.59 Å². The van der Waals surface area contributed by atoms with Crippen LogP contribution in [0.5, 0.6) is 0 Å². The Morgan fingerprint density at radius 3 is 1.74 bits per heavy atom. The second kappa shape index (κ2) is 31.0. The molecule has 0 aromatic rings. The number of allylic oxidation sites excluding steroid dienone is 12. The number of aliphatic hydroxyl groups is 2. The molecule has 4 N–H and O–H groups in total. The molecule has 0 heterocycles. The summed E-state index contributed by atoms with van der Waals surface area (Å²) in [5.41, 5.74) is 0. The molecule has 0 aliphatic rings. The van der Waals surface area contributed by atoms with Crippen LogP contribution in [0.15, 0.2) is 85.1 Å². The van der Waals surface area contributed by atoms with E-state index in [0.29, 0.717) is 25.8 Å². The molecule has 0 radical (unpaired) electrons. The molecule has 10 nitrogen and oxygen atoms in total. The van der Waals surface area contributed by atoms with Crippen molar-refractivity contribution in [3.05, 3.63) is 85.1 Å². The van der Waals surface area contributed by atoms with Crippen LogP contribution in [0.1, 0.15) is 77.6 Å². The molecule has 0 saturated heterocycles. The minimum Gasteiger partial charge on any atom is -0.466 e. The van der Waals surface area contributed by atoms with E-state index in [0.717, 1.165) is 50.7 Å². The number of aliphatic hydroxyl groups excluding tert-OH is 2. The Balaban J connectivity index is 4.40. The molecule has 1 unspecified atom stereocenters. The maximum Gasteiger partial charge on any atom is 0.330 e. The second-order valence-electron chi connectivity index (χ2n) is 10.1. The summed E-state index contributed by atoms with van der Waals surface area (Å²) in [4.78, 5) is 47.9. The topological polar surface area (TPSA) is 151 Å². The standard InChI is InChI=1S/C36H54N2O8/c1-3-4-5-6-7-8-9-10-11-12-13-14-15-16-17-18-19-20-21-25-34(42)38-32(36(44)46-31(29-39)30-40)24-22-23-28-37-33(41)26-27-35(43)45-2/h4-5,7-8,10-11,13-14,16-17,19-20,26-27,31-32,39-40H,3,6,9,12,15,18,21-25,28-30H2,1-2H3,(H,37,41)(H,38,42). The molecule has 1 atom stereocenters. The molecule has 46 heavy (non-hydrogen) atoms. The summed E-state index contributed by atoms with van der Waals surface area (Å²) in [5, 5.41) is 23.8. The molecule has 0 aromatic carbocycles. The lowest BCUT2D eigenvalue weighted by molar-refractivity contribution is -0.157. The van der Waals surface area contributed by atoms with Crippen molar-refractivity contribution < 1.29 is 38.9 Å². The predicted molar refractivity (Wildman–Crippen MR) is 181 cm³/mol. The van der Waals surface area contributed by atoms with Gasteiger partial charge in [0.25, 0.3) is 0 Å². The number of carbonyl (C=O) groups is 4. The van der Waals surface area contributed by atoms with Crippen molar-refractivity contribution in [3.63, 3.8) is 0 Å². The van der Waals surface area contributed by atoms with Crippen LogP contribution in [-0.2, 0) is 28.7 Å². The molecule has 0 fully saturated rings. The summed E-state index contributed by atoms with van der Waals surface area (Å²) >= 11 is 0. The number of methoxy groups -OCH3 is 1. The first kappa shape index (κ1) is 42.0. The van der Waals surface area contributed by atoms with Crippen LogP contribution in [0.3, 0.4) is 0 Å². The van der Waals surface area contributed by atoms with Gasteiger partial charge in [0.05, 0.1) is 20.3 Å². The average molecular weight is 643 g/mol. The van der Waals surface area contributed by atoms with E-state index in [2.05, 4.69) is 83.1 Å². The van der Waals surface area contributed by atoms with Gasteiger partial charge in [0.2, 0.25) is 11.8 Å². The van der Waals surface area contributed by atoms with Crippen molar-refractivity contribution in [1.82, 2.24) is 10.6 Å². The maximum absolute atomic E-state index is 12.6. The third kappa shape index (κ3) is 26.4. The third-order valence-corrected chi connectivity index (χ3v) is 6.24. The van der Waals surface area contributed by atoms with Gasteiger partial charge in [-0.05, 0) is 64.2 Å². The number of amides is 2. The van der Waals surface area contributed by atoms with Crippen LogP contribution in [0.25, 0.3) is 0 Å². The minimum atomic E-state index is -1.08. The summed E-state index contributed by atoms with van der Waals surface area (Å²) in [6.07, 6.45) is 33.8. The first-order valence-electron chi connectivity index (χ1n) is 16.0. The van der Waals surface area contributed by atoms with Gasteiger partial charge in [0, 0.05) is 25.1 Å². The predicted octanol–water partition coefficient (Wildman–Crippen LogP) is 4.86. The van der Waals surface area contributed by atoms with Crippen molar-refractivity contribution in [2.75, 3.05) is 26.9 Å². The number of carbonyl (C=O) groups excluding carboxylic acids is 4. The SMILES string of the molecule is CCC=CCC=CCC=CCC=CCC=CCC=CCCC(=O)NC(CCCCNC(=O)C=CC(=O)OC)C(=O)OC(CO)CO. The van der Waals surface area contributed by atoms with E-state index in [9.17, 15) is 29.4 Å². The smallest absolute Gasteiger partial charge is 0.330 e. The van der Waals surface area contributed by atoms with E-state index < -0.39 is 43.2 Å². The van der Waals surface area contributed by atoms with Crippen molar-refractivity contribution in [2.24, 2.45) is 0 Å². The lowest BCUT2D eigenvalue weighted by Crippen LogP contribution is -2.44. The van der Waals surface area contributed by atoms with E-state index in [1.807, 2.05) is 12.2 Å². The summed E-state index contributed by atoms with van der Waals surface area (Å²) < 4.78 is 9.53. The van der Waals surface area contributed by atoms with Crippen LogP contribution in [0.4, 0.5) is 0 Å². The van der Waals surface area contributed by atoms with Crippen molar-refractivity contribution in [1.29, 1.82) is 0 Å². The van der Waals surface area contributed by atoms with Crippen molar-refractivity contribution >= 4 is 23.8 Å². The first-order valence-corrected chi connectivity index (χ1v) is 16.0. The van der Waals surface area contributed by atoms with Gasteiger partial charge in [0.1, 0.15) is 12.1 Å². The number of nitrogens with one attached hydrogen (secondary N) is 2. The van der Waals surface area contributed by atoms with Gasteiger partial charge in [-0.15, -0.1) is 0 Å². The van der Waals surface area contributed by atoms with E-state index in [1.165, 1.54) is 7.11 Å². The van der Waals surface area contributed by atoms with Crippen LogP contribution < -0.4 is 10.6 Å². The fourth-order valence-electron chi connectivity index (χ4n) is 3.70. The van der Waals surface area contributed by atoms with Crippen molar-refractivity contribution in [3.8, 4) is 0 Å². The second-order valence-corrected chi connectivity index (χ2v) is 10.1. The number of esters is 2. The van der Waals surface area contributed by atoms with Gasteiger partial charge in [-0.25, -0.2) is 9.59 Å². The molecular weight excluding hydrogens is 588 g/mol. The van der Waals surface area contributed by atoms with Gasteiger partial charge in [0.15, 0.2) is 0 Å². The molecule has 0 aliphatic heterocycles. The van der Waals surface area contributed by atoms with Gasteiger partial charge in [-0.2, -0.15) is 0 Å². The van der Waals surface area contributed by atoms with E-state index >= 15 is 0 Å². The highest BCUT2D eigenvalue weighted by molar-refractivity contribution is 5.94. The van der Waals surface area contributed by atoms with E-state index in [-0.39, 0.29) is 18.7 Å². The lowest BCUT2D eigenvalue weighted by Gasteiger charge is -2.20. The number of hydrogen-bond acceptors (Lipinski definition) is 8. The highest BCUT2D eigenvalue weighted by Gasteiger charge is 2.24. The quantitative estimate of drug-likeness (QED) is 0.0452. The molecule has 0 spiro atoms. The molecule has 10 heteroatoms. The molecule has 256 valence electrons. The highest BCUT2D eigenvalue weighted by Crippen LogP contribution is 2.07. The van der Waals surface area contributed by atoms with Crippen molar-refractivity contribution in [2.45, 2.75) is 89.7 Å². The Hall–Kier alpha value is -4.02. The summed E-state index contributed by atoms with van der Waals surface area (Å²) in [5.74, 6) is -2.18. The molecule has 0 aromatic heterocycles. The van der Waals surface area contributed by atoms with Gasteiger partial charge < -0.3 is 30.3 Å². The Morgan fingerprint density at radius 1 is 0.717 bits per heavy atom. The maximum atomic E-state index is 12.6. The lowest BCUT2D eigenvalue weighted by atomic mass is 10.1. The summed E-state index contributed by atoms with van der Waals surface area (Å²) in [6, 6.07) is -0.965. The van der Waals surface area contributed by atoms with Crippen LogP contribution >= 0.6 is 0 Å². The van der Waals surface area contributed by atoms with E-state index in [4.69, 9.17) is 4.74 Å². The Morgan fingerprint density at radius 2 is 1.24 bits per heavy atom. The molecule has 0 saturated carbocycles. The molecular formula is C36H54N2O8. The molecule has 0 rings (SSSR count). The molecule has 0 aliphatic carbocycles. The number of ether oxygens (including phenoxy) is 2. The Labute approximate surface area is 274 Å². The first-order chi connectivity index (χ1) is 22.4. The monoisotopic (exact) mass is 642 g/mol. The number of rotatable bonds is 26. The van der Waals surface area contributed by atoms with E-state index in [1.54, 1.807) is 0 Å². The largest absolute Gasteiger partial charge is 0.466 e. The fourth-order valence-corrected chi connectivity index (χ4v) is 3.70. The van der Waals surface area contributed by atoms with Crippen LogP contribution in [0, 0.1) is 0 Å². The van der Waals surface area contributed by atoms with Gasteiger partial charge >= 0.3 is 11.9 Å². The zero-order valence-corrected chi connectivity index (χ0v) is 27.5. The normalized spacial score (nSPS) is 13.0. The third-order valence-electron chi connectivity index (χ3n) is 6.24. The Kier molecular flexibility index (Phi) is 28.3. The fraction of sp³-hybridized carbons (Fsp3) is 0.500. The molecule has 2 amide bonds. The minimum absolute atomic E-state index is 0.179. The zero-order valence-electron chi connectivity index (χ0n) is 27.5. The summed E-state index contributed by atoms with van der Waals surface area (Å²) in [6.45, 7) is 1.33. The number of hydrogen-bond donors (Lipinski definition) is 4. The number of unbranched alkanes of at least 4 members (excludes halogenated alkanes) is 1. The molecule has 0 bridgehead atoms. The average Bonchev–Trinajstić information content (AvgIpc) is 3.06. The van der Waals surface area contributed by atoms with Crippen LogP contribution in [-0.4, -0.2) is 73.0 Å². The Bertz CT molecular complexity index is 1050. The van der Waals surface area contributed by atoms with Crippen LogP contribution in [0.2, 0.25) is 0 Å². The highest BCUT2D eigenvalue weighted by atomic mass is 16.6.